The number of aromatic nitrogens is 3. The number of anilines is 4. The SMILES string of the molecule is CN(C)c1ccc(Nc2cnnc(N3CCN(C=O)CC3)n2)cc1. The Kier molecular flexibility index (Phi) is 4.74. The normalized spacial score (nSPS) is 14.4. The van der Waals surface area contributed by atoms with Crippen molar-refractivity contribution in [1.29, 1.82) is 0 Å². The molecule has 0 aliphatic carbocycles. The van der Waals surface area contributed by atoms with Crippen molar-refractivity contribution >= 4 is 29.6 Å². The highest BCUT2D eigenvalue weighted by Gasteiger charge is 2.18. The summed E-state index contributed by atoms with van der Waals surface area (Å²) in [5.74, 6) is 1.23. The number of rotatable bonds is 5. The van der Waals surface area contributed by atoms with Crippen molar-refractivity contribution in [3.05, 3.63) is 30.5 Å². The first-order chi connectivity index (χ1) is 11.7. The van der Waals surface area contributed by atoms with E-state index < -0.39 is 0 Å². The van der Waals surface area contributed by atoms with Gasteiger partial charge in [-0.3, -0.25) is 4.79 Å². The molecule has 2 heterocycles. The van der Waals surface area contributed by atoms with Gasteiger partial charge in [0.1, 0.15) is 0 Å². The number of hydrogen-bond acceptors (Lipinski definition) is 7. The Hall–Kier alpha value is -2.90. The highest BCUT2D eigenvalue weighted by molar-refractivity contribution is 5.60. The lowest BCUT2D eigenvalue weighted by Gasteiger charge is -2.32. The zero-order valence-electron chi connectivity index (χ0n) is 13.9. The molecule has 0 saturated carbocycles. The first-order valence-electron chi connectivity index (χ1n) is 7.84. The van der Waals surface area contributed by atoms with Crippen LogP contribution in [0, 0.1) is 0 Å². The Morgan fingerprint density at radius 3 is 2.46 bits per heavy atom. The molecule has 126 valence electrons. The van der Waals surface area contributed by atoms with Crippen LogP contribution < -0.4 is 15.1 Å². The van der Waals surface area contributed by atoms with E-state index in [-0.39, 0.29) is 0 Å². The number of amides is 1. The molecular formula is C16H21N7O. The number of piperazine rings is 1. The molecule has 1 amide bonds. The van der Waals surface area contributed by atoms with Crippen molar-refractivity contribution in [2.45, 2.75) is 0 Å². The van der Waals surface area contributed by atoms with Crippen molar-refractivity contribution in [1.82, 2.24) is 20.1 Å². The van der Waals surface area contributed by atoms with E-state index in [0.717, 1.165) is 17.8 Å². The van der Waals surface area contributed by atoms with Gasteiger partial charge in [-0.25, -0.2) is 0 Å². The van der Waals surface area contributed by atoms with E-state index in [4.69, 9.17) is 0 Å². The summed E-state index contributed by atoms with van der Waals surface area (Å²) in [6.45, 7) is 2.77. The van der Waals surface area contributed by atoms with Gasteiger partial charge in [0.05, 0.1) is 6.20 Å². The Balaban J connectivity index is 1.68. The lowest BCUT2D eigenvalue weighted by molar-refractivity contribution is -0.118. The molecule has 8 nitrogen and oxygen atoms in total. The maximum atomic E-state index is 10.8. The largest absolute Gasteiger partial charge is 0.378 e. The monoisotopic (exact) mass is 327 g/mol. The number of carbonyl (C=O) groups is 1. The fourth-order valence-electron chi connectivity index (χ4n) is 2.51. The molecular weight excluding hydrogens is 306 g/mol. The first-order valence-corrected chi connectivity index (χ1v) is 7.84. The van der Waals surface area contributed by atoms with E-state index in [1.807, 2.05) is 48.2 Å². The molecule has 1 aliphatic rings. The lowest BCUT2D eigenvalue weighted by atomic mass is 10.2. The summed E-state index contributed by atoms with van der Waals surface area (Å²) in [5.41, 5.74) is 2.08. The van der Waals surface area contributed by atoms with Crippen LogP contribution in [0.1, 0.15) is 0 Å². The minimum Gasteiger partial charge on any atom is -0.378 e. The molecule has 8 heteroatoms. The zero-order valence-corrected chi connectivity index (χ0v) is 13.9. The lowest BCUT2D eigenvalue weighted by Crippen LogP contribution is -2.46. The Bertz CT molecular complexity index is 681. The second-order valence-electron chi connectivity index (χ2n) is 5.84. The molecule has 1 aliphatic heterocycles. The average molecular weight is 327 g/mol. The minimum absolute atomic E-state index is 0.579. The van der Waals surface area contributed by atoms with Gasteiger partial charge >= 0.3 is 0 Å². The molecule has 0 atom stereocenters. The second-order valence-corrected chi connectivity index (χ2v) is 5.84. The van der Waals surface area contributed by atoms with Gasteiger partial charge in [0.2, 0.25) is 12.4 Å². The summed E-state index contributed by atoms with van der Waals surface area (Å²) >= 11 is 0. The van der Waals surface area contributed by atoms with Gasteiger partial charge in [-0.1, -0.05) is 0 Å². The third-order valence-electron chi connectivity index (χ3n) is 3.95. The summed E-state index contributed by atoms with van der Waals surface area (Å²) in [7, 11) is 4.01. The summed E-state index contributed by atoms with van der Waals surface area (Å²) in [6, 6.07) is 8.08. The molecule has 0 radical (unpaired) electrons. The fraction of sp³-hybridized carbons (Fsp3) is 0.375. The highest BCUT2D eigenvalue weighted by atomic mass is 16.1. The molecule has 1 aromatic heterocycles. The summed E-state index contributed by atoms with van der Waals surface area (Å²) in [5, 5.41) is 11.4. The summed E-state index contributed by atoms with van der Waals surface area (Å²) < 4.78 is 0. The summed E-state index contributed by atoms with van der Waals surface area (Å²) in [4.78, 5) is 21.1. The van der Waals surface area contributed by atoms with Crippen LogP contribution in [0.5, 0.6) is 0 Å². The van der Waals surface area contributed by atoms with Crippen LogP contribution in [0.15, 0.2) is 30.5 Å². The van der Waals surface area contributed by atoms with E-state index in [2.05, 4.69) is 20.5 Å². The minimum atomic E-state index is 0.579. The molecule has 3 rings (SSSR count). The average Bonchev–Trinajstić information content (AvgIpc) is 2.62. The van der Waals surface area contributed by atoms with Gasteiger partial charge in [0, 0.05) is 51.6 Å². The van der Waals surface area contributed by atoms with Crippen molar-refractivity contribution in [3.63, 3.8) is 0 Å². The van der Waals surface area contributed by atoms with Crippen LogP contribution in [-0.2, 0) is 4.79 Å². The van der Waals surface area contributed by atoms with Gasteiger partial charge in [0.25, 0.3) is 0 Å². The molecule has 0 bridgehead atoms. The van der Waals surface area contributed by atoms with Gasteiger partial charge in [-0.2, -0.15) is 10.1 Å². The molecule has 2 aromatic rings. The van der Waals surface area contributed by atoms with Crippen molar-refractivity contribution < 1.29 is 4.79 Å². The van der Waals surface area contributed by atoms with Crippen LogP contribution in [-0.4, -0.2) is 66.8 Å². The van der Waals surface area contributed by atoms with Gasteiger partial charge < -0.3 is 20.0 Å². The highest BCUT2D eigenvalue weighted by Crippen LogP contribution is 2.19. The van der Waals surface area contributed by atoms with Gasteiger partial charge in [-0.05, 0) is 24.3 Å². The zero-order chi connectivity index (χ0) is 16.9. The van der Waals surface area contributed by atoms with Gasteiger partial charge in [-0.15, -0.1) is 5.10 Å². The number of nitrogens with zero attached hydrogens (tertiary/aromatic N) is 6. The molecule has 1 fully saturated rings. The predicted octanol–water partition coefficient (Wildman–Crippen LogP) is 0.960. The second kappa shape index (κ2) is 7.12. The molecule has 0 spiro atoms. The van der Waals surface area contributed by atoms with Crippen LogP contribution >= 0.6 is 0 Å². The topological polar surface area (TPSA) is 77.5 Å². The Morgan fingerprint density at radius 2 is 1.83 bits per heavy atom. The van der Waals surface area contributed by atoms with Crippen LogP contribution in [0.25, 0.3) is 0 Å². The quantitative estimate of drug-likeness (QED) is 0.820. The first kappa shape index (κ1) is 16.0. The number of hydrogen-bond donors (Lipinski definition) is 1. The third-order valence-corrected chi connectivity index (χ3v) is 3.95. The number of benzene rings is 1. The van der Waals surface area contributed by atoms with Crippen molar-refractivity contribution in [2.24, 2.45) is 0 Å². The van der Waals surface area contributed by atoms with Crippen LogP contribution in [0.2, 0.25) is 0 Å². The molecule has 24 heavy (non-hydrogen) atoms. The van der Waals surface area contributed by atoms with Crippen molar-refractivity contribution in [2.75, 3.05) is 55.4 Å². The van der Waals surface area contributed by atoms with E-state index >= 15 is 0 Å². The van der Waals surface area contributed by atoms with Crippen molar-refractivity contribution in [3.8, 4) is 0 Å². The molecule has 1 aromatic carbocycles. The summed E-state index contributed by atoms with van der Waals surface area (Å²) in [6.07, 6.45) is 2.48. The van der Waals surface area contributed by atoms with E-state index in [9.17, 15) is 4.79 Å². The number of nitrogens with one attached hydrogen (secondary N) is 1. The Labute approximate surface area is 141 Å². The predicted molar refractivity (Wildman–Crippen MR) is 93.7 cm³/mol. The third kappa shape index (κ3) is 3.70. The van der Waals surface area contributed by atoms with E-state index in [1.54, 1.807) is 11.1 Å². The molecule has 1 saturated heterocycles. The fourth-order valence-corrected chi connectivity index (χ4v) is 2.51. The molecule has 1 N–H and O–H groups in total. The van der Waals surface area contributed by atoms with Crippen LogP contribution in [0.4, 0.5) is 23.1 Å². The van der Waals surface area contributed by atoms with E-state index in [0.29, 0.717) is 37.9 Å². The van der Waals surface area contributed by atoms with Crippen LogP contribution in [0.3, 0.4) is 0 Å². The molecule has 0 unspecified atom stereocenters. The standard InChI is InChI=1S/C16H21N7O/c1-21(2)14-5-3-13(4-6-14)18-15-11-17-20-16(19-15)23-9-7-22(12-24)8-10-23/h3-6,11-12H,7-10H2,1-2H3,(H,18,19,20). The van der Waals surface area contributed by atoms with E-state index in [1.165, 1.54) is 0 Å². The number of carbonyl (C=O) groups excluding carboxylic acids is 1. The van der Waals surface area contributed by atoms with Gasteiger partial charge in [0.15, 0.2) is 5.82 Å². The smallest absolute Gasteiger partial charge is 0.247 e. The maximum Gasteiger partial charge on any atom is 0.247 e. The maximum absolute atomic E-state index is 10.8. The Morgan fingerprint density at radius 1 is 1.12 bits per heavy atom.